The second kappa shape index (κ2) is 6.95. The first kappa shape index (κ1) is 16.0. The van der Waals surface area contributed by atoms with Gasteiger partial charge in [0.25, 0.3) is 0 Å². The van der Waals surface area contributed by atoms with Crippen LogP contribution in [0.5, 0.6) is 0 Å². The summed E-state index contributed by atoms with van der Waals surface area (Å²) in [5.74, 6) is 0. The van der Waals surface area contributed by atoms with Gasteiger partial charge < -0.3 is 10.5 Å². The molecule has 0 amide bonds. The monoisotopic (exact) mass is 302 g/mol. The van der Waals surface area contributed by atoms with Crippen LogP contribution in [0.4, 0.5) is 0 Å². The van der Waals surface area contributed by atoms with Crippen LogP contribution in [0.15, 0.2) is 23.1 Å². The Morgan fingerprint density at radius 2 is 2.16 bits per heavy atom. The zero-order chi connectivity index (χ0) is 14.5. The van der Waals surface area contributed by atoms with Crippen molar-refractivity contribution in [2.75, 3.05) is 20.3 Å². The van der Waals surface area contributed by atoms with Gasteiger partial charge in [0.2, 0.25) is 10.0 Å². The third-order valence-corrected chi connectivity index (χ3v) is 4.42. The lowest BCUT2D eigenvalue weighted by Gasteiger charge is -2.10. The van der Waals surface area contributed by atoms with Crippen molar-refractivity contribution in [1.29, 1.82) is 0 Å². The van der Waals surface area contributed by atoms with Crippen LogP contribution in [0.3, 0.4) is 0 Å². The quantitative estimate of drug-likeness (QED) is 0.579. The Morgan fingerprint density at radius 3 is 2.74 bits per heavy atom. The number of aryl methyl sites for hydroxylation is 1. The number of sulfonamides is 1. The Bertz CT molecular complexity index is 556. The van der Waals surface area contributed by atoms with E-state index < -0.39 is 10.0 Å². The van der Waals surface area contributed by atoms with Gasteiger partial charge in [-0.15, -0.1) is 0 Å². The van der Waals surface area contributed by atoms with Gasteiger partial charge in [-0.3, -0.25) is 0 Å². The number of thiocarbonyl (C=S) groups is 1. The molecule has 7 heteroatoms. The van der Waals surface area contributed by atoms with Gasteiger partial charge in [0.15, 0.2) is 0 Å². The van der Waals surface area contributed by atoms with Gasteiger partial charge in [-0.2, -0.15) is 0 Å². The van der Waals surface area contributed by atoms with Crippen molar-refractivity contribution < 1.29 is 13.2 Å². The minimum atomic E-state index is -3.55. The Kier molecular flexibility index (Phi) is 5.86. The van der Waals surface area contributed by atoms with Gasteiger partial charge in [-0.05, 0) is 25.0 Å². The number of nitrogens with two attached hydrogens (primary N) is 1. The molecule has 1 aromatic carbocycles. The maximum absolute atomic E-state index is 12.2. The molecule has 0 aliphatic heterocycles. The number of methoxy groups -OCH3 is 1. The smallest absolute Gasteiger partial charge is 0.240 e. The number of hydrogen-bond acceptors (Lipinski definition) is 4. The number of rotatable bonds is 7. The third kappa shape index (κ3) is 4.54. The Morgan fingerprint density at radius 1 is 1.47 bits per heavy atom. The van der Waals surface area contributed by atoms with E-state index in [1.807, 2.05) is 0 Å². The first-order valence-corrected chi connectivity index (χ1v) is 7.66. The van der Waals surface area contributed by atoms with Crippen LogP contribution in [0.1, 0.15) is 17.5 Å². The van der Waals surface area contributed by atoms with Crippen LogP contribution in [-0.2, 0) is 14.8 Å². The maximum atomic E-state index is 12.2. The fourth-order valence-corrected chi connectivity index (χ4v) is 3.01. The van der Waals surface area contributed by atoms with E-state index >= 15 is 0 Å². The third-order valence-electron chi connectivity index (χ3n) is 2.58. The van der Waals surface area contributed by atoms with Crippen LogP contribution in [0.25, 0.3) is 0 Å². The highest BCUT2D eigenvalue weighted by Crippen LogP contribution is 2.17. The second-order valence-electron chi connectivity index (χ2n) is 4.09. The van der Waals surface area contributed by atoms with Crippen LogP contribution < -0.4 is 10.5 Å². The highest BCUT2D eigenvalue weighted by Gasteiger charge is 2.17. The number of benzene rings is 1. The molecular formula is C12H18N2O3S2. The summed E-state index contributed by atoms with van der Waals surface area (Å²) in [5.41, 5.74) is 6.71. The van der Waals surface area contributed by atoms with Crippen molar-refractivity contribution in [3.63, 3.8) is 0 Å². The molecule has 0 aliphatic carbocycles. The summed E-state index contributed by atoms with van der Waals surface area (Å²) in [6.07, 6.45) is 0.615. The molecule has 0 fully saturated rings. The zero-order valence-electron chi connectivity index (χ0n) is 11.0. The molecular weight excluding hydrogens is 284 g/mol. The predicted octanol–water partition coefficient (Wildman–Crippen LogP) is 0.944. The summed E-state index contributed by atoms with van der Waals surface area (Å²) in [4.78, 5) is 0.381. The average molecular weight is 302 g/mol. The molecule has 0 bridgehead atoms. The van der Waals surface area contributed by atoms with Gasteiger partial charge in [0, 0.05) is 25.8 Å². The highest BCUT2D eigenvalue weighted by molar-refractivity contribution is 7.89. The normalized spacial score (nSPS) is 11.5. The van der Waals surface area contributed by atoms with Crippen molar-refractivity contribution in [2.45, 2.75) is 18.2 Å². The van der Waals surface area contributed by atoms with Crippen molar-refractivity contribution in [3.8, 4) is 0 Å². The fourth-order valence-electron chi connectivity index (χ4n) is 1.54. The van der Waals surface area contributed by atoms with E-state index in [0.717, 1.165) is 0 Å². The molecule has 19 heavy (non-hydrogen) atoms. The van der Waals surface area contributed by atoms with Crippen molar-refractivity contribution in [2.24, 2.45) is 5.73 Å². The van der Waals surface area contributed by atoms with E-state index in [2.05, 4.69) is 4.72 Å². The van der Waals surface area contributed by atoms with Gasteiger partial charge in [-0.25, -0.2) is 13.1 Å². The zero-order valence-corrected chi connectivity index (χ0v) is 12.6. The van der Waals surface area contributed by atoms with Gasteiger partial charge >= 0.3 is 0 Å². The molecule has 0 spiro atoms. The van der Waals surface area contributed by atoms with E-state index in [9.17, 15) is 8.42 Å². The molecule has 1 rings (SSSR count). The first-order chi connectivity index (χ1) is 8.88. The Labute approximate surface area is 119 Å². The standard InChI is InChI=1S/C12H18N2O3S2/c1-9-4-5-10(12(13)18)8-11(9)19(15,16)14-6-3-7-17-2/h4-5,8,14H,3,6-7H2,1-2H3,(H2,13,18). The predicted molar refractivity (Wildman–Crippen MR) is 78.7 cm³/mol. The molecule has 0 saturated carbocycles. The van der Waals surface area contributed by atoms with E-state index in [0.29, 0.717) is 30.7 Å². The summed E-state index contributed by atoms with van der Waals surface area (Å²) in [7, 11) is -1.97. The van der Waals surface area contributed by atoms with E-state index in [1.54, 1.807) is 26.2 Å². The largest absolute Gasteiger partial charge is 0.389 e. The summed E-state index contributed by atoms with van der Waals surface area (Å²) in [5, 5.41) is 0. The van der Waals surface area contributed by atoms with Gasteiger partial charge in [0.1, 0.15) is 4.99 Å². The second-order valence-corrected chi connectivity index (χ2v) is 6.26. The van der Waals surface area contributed by atoms with E-state index in [1.165, 1.54) is 6.07 Å². The number of ether oxygens (including phenoxy) is 1. The summed E-state index contributed by atoms with van der Waals surface area (Å²) in [6, 6.07) is 4.90. The Hall–Kier alpha value is -1.02. The molecule has 0 heterocycles. The molecule has 3 N–H and O–H groups in total. The van der Waals surface area contributed by atoms with Crippen LogP contribution in [0.2, 0.25) is 0 Å². The van der Waals surface area contributed by atoms with Crippen molar-refractivity contribution in [1.82, 2.24) is 4.72 Å². The molecule has 0 radical (unpaired) electrons. The van der Waals surface area contributed by atoms with Gasteiger partial charge in [0.05, 0.1) is 4.90 Å². The van der Waals surface area contributed by atoms with E-state index in [4.69, 9.17) is 22.7 Å². The SMILES string of the molecule is COCCCNS(=O)(=O)c1cc(C(N)=S)ccc1C. The minimum Gasteiger partial charge on any atom is -0.389 e. The molecule has 5 nitrogen and oxygen atoms in total. The van der Waals surface area contributed by atoms with Crippen LogP contribution in [0, 0.1) is 6.92 Å². The topological polar surface area (TPSA) is 81.4 Å². The van der Waals surface area contributed by atoms with Crippen LogP contribution in [-0.4, -0.2) is 33.7 Å². The average Bonchev–Trinajstić information content (AvgIpc) is 2.34. The maximum Gasteiger partial charge on any atom is 0.240 e. The molecule has 0 atom stereocenters. The molecule has 0 aliphatic rings. The number of hydrogen-bond donors (Lipinski definition) is 2. The lowest BCUT2D eigenvalue weighted by Crippen LogP contribution is -2.26. The minimum absolute atomic E-state index is 0.177. The molecule has 0 unspecified atom stereocenters. The molecule has 0 saturated heterocycles. The van der Waals surface area contributed by atoms with E-state index in [-0.39, 0.29) is 9.88 Å². The van der Waals surface area contributed by atoms with Crippen molar-refractivity contribution >= 4 is 27.2 Å². The number of nitrogens with one attached hydrogen (secondary N) is 1. The summed E-state index contributed by atoms with van der Waals surface area (Å²) >= 11 is 4.86. The lowest BCUT2D eigenvalue weighted by molar-refractivity contribution is 0.196. The van der Waals surface area contributed by atoms with Crippen LogP contribution >= 0.6 is 12.2 Å². The summed E-state index contributed by atoms with van der Waals surface area (Å²) in [6.45, 7) is 2.56. The lowest BCUT2D eigenvalue weighted by atomic mass is 10.1. The molecule has 0 aromatic heterocycles. The Balaban J connectivity index is 2.94. The first-order valence-electron chi connectivity index (χ1n) is 5.77. The fraction of sp³-hybridized carbons (Fsp3) is 0.417. The highest BCUT2D eigenvalue weighted by atomic mass is 32.2. The molecule has 106 valence electrons. The van der Waals surface area contributed by atoms with Gasteiger partial charge in [-0.1, -0.05) is 24.4 Å². The molecule has 1 aromatic rings. The van der Waals surface area contributed by atoms with Crippen molar-refractivity contribution in [3.05, 3.63) is 29.3 Å². The summed E-state index contributed by atoms with van der Waals surface area (Å²) < 4.78 is 31.7.